The third kappa shape index (κ3) is 5.51. The second kappa shape index (κ2) is 11.5. The van der Waals surface area contributed by atoms with Crippen molar-refractivity contribution in [2.24, 2.45) is 0 Å². The quantitative estimate of drug-likeness (QED) is 0.388. The van der Waals surface area contributed by atoms with Gasteiger partial charge in [-0.05, 0) is 50.6 Å². The van der Waals surface area contributed by atoms with Gasteiger partial charge in [0.25, 0.3) is 0 Å². The third-order valence-corrected chi connectivity index (χ3v) is 7.23. The number of oxazole rings is 1. The minimum Gasteiger partial charge on any atom is -0.441 e. The van der Waals surface area contributed by atoms with E-state index in [0.29, 0.717) is 62.9 Å². The van der Waals surface area contributed by atoms with Crippen LogP contribution in [-0.4, -0.2) is 52.7 Å². The Morgan fingerprint density at radius 3 is 2.66 bits per heavy atom. The maximum Gasteiger partial charge on any atom is 0.237 e. The van der Waals surface area contributed by atoms with Crippen LogP contribution >= 0.6 is 11.6 Å². The number of likely N-dealkylation sites (N-methyl/N-ethyl adjacent to an activating group) is 1. The molecule has 4 heterocycles. The van der Waals surface area contributed by atoms with Gasteiger partial charge in [-0.1, -0.05) is 43.7 Å². The van der Waals surface area contributed by atoms with Crippen LogP contribution < -0.4 is 5.32 Å². The van der Waals surface area contributed by atoms with Crippen molar-refractivity contribution in [3.63, 3.8) is 0 Å². The van der Waals surface area contributed by atoms with E-state index in [4.69, 9.17) is 16.0 Å². The van der Waals surface area contributed by atoms with Gasteiger partial charge in [0.15, 0.2) is 11.7 Å². The van der Waals surface area contributed by atoms with Crippen LogP contribution in [0.15, 0.2) is 64.0 Å². The normalized spacial score (nSPS) is 21.1. The van der Waals surface area contributed by atoms with E-state index in [1.165, 1.54) is 6.07 Å². The smallest absolute Gasteiger partial charge is 0.237 e. The minimum absolute atomic E-state index is 0.190. The molecule has 2 saturated heterocycles. The van der Waals surface area contributed by atoms with Crippen LogP contribution in [0.5, 0.6) is 0 Å². The Labute approximate surface area is 227 Å². The van der Waals surface area contributed by atoms with E-state index >= 15 is 4.39 Å². The number of halogens is 2. The number of likely N-dealkylation sites (tertiary alicyclic amines) is 1. The highest BCUT2D eigenvalue weighted by atomic mass is 35.5. The SMILES string of the molecule is C=C1C=C(C=O)C=CN1/C(Cl)=C(\CCC)c1c(F)cccc1-c1oc(C)nc1C.CN1CC2CC1C(=O)N2. The van der Waals surface area contributed by atoms with Crippen LogP contribution in [0.3, 0.4) is 0 Å². The molecule has 5 rings (SSSR count). The number of carbonyl (C=O) groups is 2. The summed E-state index contributed by atoms with van der Waals surface area (Å²) >= 11 is 6.76. The van der Waals surface area contributed by atoms with E-state index < -0.39 is 5.82 Å². The molecule has 38 heavy (non-hydrogen) atoms. The van der Waals surface area contributed by atoms with E-state index in [0.717, 1.165) is 25.7 Å². The minimum atomic E-state index is -0.395. The summed E-state index contributed by atoms with van der Waals surface area (Å²) in [4.78, 5) is 30.0. The lowest BCUT2D eigenvalue weighted by Gasteiger charge is -2.26. The molecule has 3 aliphatic heterocycles. The van der Waals surface area contributed by atoms with Gasteiger partial charge in [0.05, 0.1) is 11.7 Å². The van der Waals surface area contributed by atoms with E-state index in [2.05, 4.69) is 21.8 Å². The van der Waals surface area contributed by atoms with Crippen LogP contribution in [0.1, 0.15) is 43.3 Å². The fraction of sp³-hybridized carbons (Fsp3) is 0.345. The molecule has 2 atom stereocenters. The van der Waals surface area contributed by atoms with Gasteiger partial charge in [-0.25, -0.2) is 9.37 Å². The maximum absolute atomic E-state index is 15.1. The predicted molar refractivity (Wildman–Crippen MR) is 146 cm³/mol. The standard InChI is InChI=1S/C23H22ClFN2O2.C6H10N2O/c1-5-7-19(23(24)27-11-10-17(13-28)12-14(27)2)21-18(8-6-9-20(21)25)22-15(3)26-16(4)29-22;1-8-3-4-2-5(8)6(9)7-4/h6,8-13H,2,5,7H2,1,3-4H3;4-5H,2-3H2,1H3,(H,7,9)/b23-19+;. The Hall–Kier alpha value is -3.49. The Morgan fingerprint density at radius 2 is 2.13 bits per heavy atom. The van der Waals surface area contributed by atoms with Gasteiger partial charge in [-0.2, -0.15) is 0 Å². The van der Waals surface area contributed by atoms with Gasteiger partial charge >= 0.3 is 0 Å². The average Bonchev–Trinajstić information content (AvgIpc) is 3.54. The molecule has 1 aromatic heterocycles. The molecule has 2 unspecified atom stereocenters. The lowest BCUT2D eigenvalue weighted by molar-refractivity contribution is -0.124. The Bertz CT molecular complexity index is 1360. The lowest BCUT2D eigenvalue weighted by Crippen LogP contribution is -2.45. The highest BCUT2D eigenvalue weighted by Gasteiger charge is 2.41. The van der Waals surface area contributed by atoms with Crippen molar-refractivity contribution in [3.05, 3.63) is 82.5 Å². The number of fused-ring (bicyclic) bond motifs is 2. The third-order valence-electron chi connectivity index (χ3n) is 6.82. The molecule has 200 valence electrons. The van der Waals surface area contributed by atoms with Gasteiger partial charge in [0.2, 0.25) is 5.91 Å². The van der Waals surface area contributed by atoms with Crippen LogP contribution in [0.2, 0.25) is 0 Å². The number of nitrogens with zero attached hydrogens (tertiary/aromatic N) is 3. The highest BCUT2D eigenvalue weighted by Crippen LogP contribution is 2.39. The Morgan fingerprint density at radius 1 is 1.37 bits per heavy atom. The second-order valence-electron chi connectivity index (χ2n) is 9.67. The van der Waals surface area contributed by atoms with Crippen LogP contribution in [0.25, 0.3) is 16.9 Å². The van der Waals surface area contributed by atoms with Gasteiger partial charge < -0.3 is 14.6 Å². The molecule has 0 saturated carbocycles. The van der Waals surface area contributed by atoms with Crippen molar-refractivity contribution in [1.29, 1.82) is 0 Å². The molecule has 3 aliphatic rings. The number of rotatable bonds is 6. The van der Waals surface area contributed by atoms with Crippen LogP contribution in [0, 0.1) is 19.7 Å². The number of amides is 1. The van der Waals surface area contributed by atoms with E-state index in [1.807, 2.05) is 20.9 Å². The largest absolute Gasteiger partial charge is 0.441 e. The van der Waals surface area contributed by atoms with Crippen molar-refractivity contribution in [1.82, 2.24) is 20.1 Å². The number of carbonyl (C=O) groups excluding carboxylic acids is 2. The number of piperazine rings is 1. The van der Waals surface area contributed by atoms with Crippen molar-refractivity contribution >= 4 is 29.4 Å². The molecule has 0 aliphatic carbocycles. The van der Waals surface area contributed by atoms with Crippen molar-refractivity contribution in [3.8, 4) is 11.3 Å². The van der Waals surface area contributed by atoms with E-state index in [1.54, 1.807) is 42.3 Å². The average molecular weight is 539 g/mol. The number of aldehydes is 1. The molecule has 1 amide bonds. The molecule has 7 nitrogen and oxygen atoms in total. The predicted octanol–water partition coefficient (Wildman–Crippen LogP) is 5.46. The summed E-state index contributed by atoms with van der Waals surface area (Å²) in [5.41, 5.74) is 3.31. The molecule has 2 aromatic rings. The monoisotopic (exact) mass is 538 g/mol. The highest BCUT2D eigenvalue weighted by molar-refractivity contribution is 6.32. The van der Waals surface area contributed by atoms with Crippen LogP contribution in [-0.2, 0) is 9.59 Å². The van der Waals surface area contributed by atoms with Gasteiger partial charge in [-0.3, -0.25) is 14.5 Å². The number of aromatic nitrogens is 1. The first-order valence-electron chi connectivity index (χ1n) is 12.6. The Balaban J connectivity index is 0.000000311. The number of allylic oxidation sites excluding steroid dienone is 4. The number of benzene rings is 1. The molecule has 2 bridgehead atoms. The first kappa shape index (κ1) is 27.5. The summed E-state index contributed by atoms with van der Waals surface area (Å²) in [6, 6.07) is 5.49. The molecule has 2 fully saturated rings. The number of nitrogens with one attached hydrogen (secondary N) is 1. The van der Waals surface area contributed by atoms with Gasteiger partial charge in [0.1, 0.15) is 17.3 Å². The van der Waals surface area contributed by atoms with Gasteiger partial charge in [0, 0.05) is 48.1 Å². The summed E-state index contributed by atoms with van der Waals surface area (Å²) < 4.78 is 20.9. The summed E-state index contributed by atoms with van der Waals surface area (Å²) in [6.45, 7) is 10.6. The number of hydrogen-bond acceptors (Lipinski definition) is 6. The first-order chi connectivity index (χ1) is 18.1. The topological polar surface area (TPSA) is 78.7 Å². The zero-order valence-corrected chi connectivity index (χ0v) is 22.8. The molecule has 1 N–H and O–H groups in total. The molecule has 0 radical (unpaired) electrons. The molecular formula is C29H32ClFN4O3. The van der Waals surface area contributed by atoms with Crippen molar-refractivity contribution in [2.45, 2.75) is 52.1 Å². The zero-order valence-electron chi connectivity index (χ0n) is 22.1. The second-order valence-corrected chi connectivity index (χ2v) is 10.0. The van der Waals surface area contributed by atoms with Crippen molar-refractivity contribution in [2.75, 3.05) is 13.6 Å². The number of aryl methyl sites for hydroxylation is 2. The molecule has 0 spiro atoms. The van der Waals surface area contributed by atoms with Crippen molar-refractivity contribution < 1.29 is 18.4 Å². The van der Waals surface area contributed by atoms with E-state index in [-0.39, 0.29) is 11.9 Å². The molecular weight excluding hydrogens is 507 g/mol. The molecule has 1 aromatic carbocycles. The van der Waals surface area contributed by atoms with Gasteiger partial charge in [-0.15, -0.1) is 0 Å². The summed E-state index contributed by atoms with van der Waals surface area (Å²) in [5.74, 6) is 0.854. The molecule has 9 heteroatoms. The summed E-state index contributed by atoms with van der Waals surface area (Å²) in [7, 11) is 2.00. The summed E-state index contributed by atoms with van der Waals surface area (Å²) in [5, 5.41) is 3.23. The summed E-state index contributed by atoms with van der Waals surface area (Å²) in [6.07, 6.45) is 8.00. The van der Waals surface area contributed by atoms with E-state index in [9.17, 15) is 9.59 Å². The first-order valence-corrected chi connectivity index (χ1v) is 13.0. The zero-order chi connectivity index (χ0) is 27.6. The maximum atomic E-state index is 15.1. The fourth-order valence-electron chi connectivity index (χ4n) is 5.07. The Kier molecular flexibility index (Phi) is 8.33. The number of hydrogen-bond donors (Lipinski definition) is 1. The van der Waals surface area contributed by atoms with Crippen LogP contribution in [0.4, 0.5) is 4.39 Å². The fourth-order valence-corrected chi connectivity index (χ4v) is 5.42. The lowest BCUT2D eigenvalue weighted by atomic mass is 9.94.